The van der Waals surface area contributed by atoms with E-state index in [1.165, 1.54) is 11.1 Å². The van der Waals surface area contributed by atoms with Crippen molar-refractivity contribution in [2.75, 3.05) is 0 Å². The Morgan fingerprint density at radius 1 is 1.44 bits per heavy atom. The van der Waals surface area contributed by atoms with Crippen LogP contribution in [0.4, 0.5) is 0 Å². The maximum absolute atomic E-state index is 11.3. The van der Waals surface area contributed by atoms with Crippen LogP contribution in [0.1, 0.15) is 30.5 Å². The molecule has 1 aromatic carbocycles. The minimum absolute atomic E-state index is 0.0284. The molecule has 0 aliphatic rings. The Labute approximate surface area is 106 Å². The van der Waals surface area contributed by atoms with Crippen molar-refractivity contribution in [2.24, 2.45) is 5.84 Å². The van der Waals surface area contributed by atoms with Gasteiger partial charge in [0, 0.05) is 12.5 Å². The molecule has 18 heavy (non-hydrogen) atoms. The molecule has 0 fully saturated rings. The fourth-order valence-electron chi connectivity index (χ4n) is 2.06. The lowest BCUT2D eigenvalue weighted by Crippen LogP contribution is -2.31. The minimum atomic E-state index is -0.173. The Bertz CT molecular complexity index is 588. The molecule has 0 spiro atoms. The third-order valence-electron chi connectivity index (χ3n) is 3.31. The Morgan fingerprint density at radius 3 is 2.78 bits per heavy atom. The Balaban J connectivity index is 2.39. The summed E-state index contributed by atoms with van der Waals surface area (Å²) in [5.41, 5.74) is 6.61. The first-order valence-electron chi connectivity index (χ1n) is 5.96. The summed E-state index contributed by atoms with van der Waals surface area (Å²) in [6.07, 6.45) is 2.12. The van der Waals surface area contributed by atoms with E-state index in [-0.39, 0.29) is 11.9 Å². The van der Waals surface area contributed by atoms with Crippen LogP contribution in [0.2, 0.25) is 0 Å². The van der Waals surface area contributed by atoms with E-state index in [0.29, 0.717) is 6.42 Å². The molecule has 1 unspecified atom stereocenters. The van der Waals surface area contributed by atoms with Crippen LogP contribution in [-0.4, -0.2) is 15.5 Å². The normalized spacial score (nSPS) is 12.7. The molecule has 1 atom stereocenters. The van der Waals surface area contributed by atoms with Gasteiger partial charge in [0.15, 0.2) is 0 Å². The number of carbonyl (C=O) groups excluding carboxylic acids is 1. The lowest BCUT2D eigenvalue weighted by molar-refractivity contribution is -0.121. The fraction of sp³-hybridized carbons (Fsp3) is 0.385. The van der Waals surface area contributed by atoms with Crippen LogP contribution >= 0.6 is 0 Å². The number of hydrogen-bond acceptors (Lipinski definition) is 3. The van der Waals surface area contributed by atoms with Gasteiger partial charge in [0.25, 0.3) is 0 Å². The number of imidazole rings is 1. The number of benzene rings is 1. The van der Waals surface area contributed by atoms with Gasteiger partial charge >= 0.3 is 0 Å². The molecule has 5 heteroatoms. The number of fused-ring (bicyclic) bond motifs is 1. The van der Waals surface area contributed by atoms with Crippen molar-refractivity contribution >= 4 is 16.9 Å². The van der Waals surface area contributed by atoms with Crippen molar-refractivity contribution < 1.29 is 4.79 Å². The number of aryl methyl sites for hydroxylation is 2. The molecule has 1 amide bonds. The van der Waals surface area contributed by atoms with Gasteiger partial charge in [0.1, 0.15) is 0 Å². The Kier molecular flexibility index (Phi) is 3.34. The van der Waals surface area contributed by atoms with Crippen LogP contribution in [0.15, 0.2) is 18.5 Å². The molecule has 2 aromatic rings. The van der Waals surface area contributed by atoms with E-state index in [4.69, 9.17) is 5.84 Å². The zero-order valence-electron chi connectivity index (χ0n) is 10.9. The summed E-state index contributed by atoms with van der Waals surface area (Å²) in [5.74, 6) is 4.93. The molecule has 96 valence electrons. The predicted octanol–water partition coefficient (Wildman–Crippen LogP) is 1.59. The van der Waals surface area contributed by atoms with E-state index in [0.717, 1.165) is 11.0 Å². The van der Waals surface area contributed by atoms with Gasteiger partial charge < -0.3 is 4.57 Å². The maximum atomic E-state index is 11.3. The predicted molar refractivity (Wildman–Crippen MR) is 70.9 cm³/mol. The van der Waals surface area contributed by atoms with Crippen LogP contribution in [0.5, 0.6) is 0 Å². The van der Waals surface area contributed by atoms with Crippen molar-refractivity contribution in [1.29, 1.82) is 0 Å². The lowest BCUT2D eigenvalue weighted by Gasteiger charge is -2.13. The third kappa shape index (κ3) is 2.22. The molecule has 0 saturated heterocycles. The molecule has 5 nitrogen and oxygen atoms in total. The summed E-state index contributed by atoms with van der Waals surface area (Å²) >= 11 is 0. The van der Waals surface area contributed by atoms with Gasteiger partial charge in [0.2, 0.25) is 5.91 Å². The number of hydrogen-bond donors (Lipinski definition) is 2. The summed E-state index contributed by atoms with van der Waals surface area (Å²) in [5, 5.41) is 0. The van der Waals surface area contributed by atoms with E-state index in [1.807, 2.05) is 11.5 Å². The average Bonchev–Trinajstić information content (AvgIpc) is 2.72. The second-order valence-corrected chi connectivity index (χ2v) is 4.70. The summed E-state index contributed by atoms with van der Waals surface area (Å²) in [6, 6.07) is 4.20. The van der Waals surface area contributed by atoms with E-state index < -0.39 is 0 Å². The first kappa shape index (κ1) is 12.6. The van der Waals surface area contributed by atoms with Crippen LogP contribution < -0.4 is 11.3 Å². The van der Waals surface area contributed by atoms with Gasteiger partial charge in [-0.3, -0.25) is 10.2 Å². The Morgan fingerprint density at radius 2 is 2.11 bits per heavy atom. The van der Waals surface area contributed by atoms with Crippen molar-refractivity contribution in [3.63, 3.8) is 0 Å². The quantitative estimate of drug-likeness (QED) is 0.491. The molecule has 1 aromatic heterocycles. The SMILES string of the molecule is Cc1cc2ncn(C(C)CC(=O)NN)c2cc1C. The van der Waals surface area contributed by atoms with Gasteiger partial charge in [-0.2, -0.15) is 0 Å². The molecular formula is C13H18N4O. The first-order chi connectivity index (χ1) is 8.52. The fourth-order valence-corrected chi connectivity index (χ4v) is 2.06. The number of nitrogens with two attached hydrogens (primary N) is 1. The standard InChI is InChI=1S/C13H18N4O/c1-8-4-11-12(5-9(8)2)17(7-15-11)10(3)6-13(18)16-14/h4-5,7,10H,6,14H2,1-3H3,(H,16,18). The van der Waals surface area contributed by atoms with E-state index in [2.05, 4.69) is 36.4 Å². The highest BCUT2D eigenvalue weighted by Crippen LogP contribution is 2.22. The van der Waals surface area contributed by atoms with Crippen molar-refractivity contribution in [1.82, 2.24) is 15.0 Å². The number of nitrogens with zero attached hydrogens (tertiary/aromatic N) is 2. The van der Waals surface area contributed by atoms with E-state index >= 15 is 0 Å². The smallest absolute Gasteiger partial charge is 0.235 e. The molecule has 0 radical (unpaired) electrons. The largest absolute Gasteiger partial charge is 0.327 e. The zero-order chi connectivity index (χ0) is 13.3. The number of aromatic nitrogens is 2. The summed E-state index contributed by atoms with van der Waals surface area (Å²) < 4.78 is 2.01. The molecule has 0 bridgehead atoms. The number of nitrogens with one attached hydrogen (secondary N) is 1. The first-order valence-corrected chi connectivity index (χ1v) is 5.96. The average molecular weight is 246 g/mol. The Hall–Kier alpha value is -1.88. The molecule has 0 saturated carbocycles. The van der Waals surface area contributed by atoms with Crippen molar-refractivity contribution in [3.05, 3.63) is 29.6 Å². The third-order valence-corrected chi connectivity index (χ3v) is 3.31. The highest BCUT2D eigenvalue weighted by Gasteiger charge is 2.13. The number of hydrazine groups is 1. The number of amides is 1. The summed E-state index contributed by atoms with van der Waals surface area (Å²) in [7, 11) is 0. The van der Waals surface area contributed by atoms with Crippen molar-refractivity contribution in [2.45, 2.75) is 33.2 Å². The van der Waals surface area contributed by atoms with Crippen molar-refractivity contribution in [3.8, 4) is 0 Å². The summed E-state index contributed by atoms with van der Waals surface area (Å²) in [4.78, 5) is 15.7. The molecule has 0 aliphatic carbocycles. The van der Waals surface area contributed by atoms with Crippen LogP contribution in [0.3, 0.4) is 0 Å². The van der Waals surface area contributed by atoms with Gasteiger partial charge in [-0.05, 0) is 44.0 Å². The summed E-state index contributed by atoms with van der Waals surface area (Å²) in [6.45, 7) is 6.12. The van der Waals surface area contributed by atoms with Crippen LogP contribution in [0.25, 0.3) is 11.0 Å². The monoisotopic (exact) mass is 246 g/mol. The van der Waals surface area contributed by atoms with E-state index in [1.54, 1.807) is 6.33 Å². The lowest BCUT2D eigenvalue weighted by atomic mass is 10.1. The second kappa shape index (κ2) is 4.78. The highest BCUT2D eigenvalue weighted by atomic mass is 16.2. The van der Waals surface area contributed by atoms with Gasteiger partial charge in [-0.25, -0.2) is 10.8 Å². The number of rotatable bonds is 3. The van der Waals surface area contributed by atoms with Crippen LogP contribution in [-0.2, 0) is 4.79 Å². The molecule has 0 aliphatic heterocycles. The van der Waals surface area contributed by atoms with Gasteiger partial charge in [-0.1, -0.05) is 0 Å². The molecular weight excluding hydrogens is 228 g/mol. The molecule has 1 heterocycles. The maximum Gasteiger partial charge on any atom is 0.235 e. The molecule has 2 rings (SSSR count). The molecule has 3 N–H and O–H groups in total. The van der Waals surface area contributed by atoms with Gasteiger partial charge in [-0.15, -0.1) is 0 Å². The second-order valence-electron chi connectivity index (χ2n) is 4.70. The zero-order valence-corrected chi connectivity index (χ0v) is 10.9. The topological polar surface area (TPSA) is 72.9 Å². The highest BCUT2D eigenvalue weighted by molar-refractivity contribution is 5.79. The van der Waals surface area contributed by atoms with Gasteiger partial charge in [0.05, 0.1) is 17.4 Å². The van der Waals surface area contributed by atoms with E-state index in [9.17, 15) is 4.79 Å². The van der Waals surface area contributed by atoms with Crippen LogP contribution in [0, 0.1) is 13.8 Å². The minimum Gasteiger partial charge on any atom is -0.327 e. The number of carbonyl (C=O) groups is 1.